The summed E-state index contributed by atoms with van der Waals surface area (Å²) in [6.07, 6.45) is 0.670. The number of carbonyl (C=O) groups excluding carboxylic acids is 2. The van der Waals surface area contributed by atoms with Crippen LogP contribution in [0.15, 0.2) is 36.4 Å². The quantitative estimate of drug-likeness (QED) is 0.545. The molecule has 29 heavy (non-hydrogen) atoms. The minimum atomic E-state index is -3.79. The van der Waals surface area contributed by atoms with Gasteiger partial charge in [0.2, 0.25) is 0 Å². The van der Waals surface area contributed by atoms with Crippen LogP contribution in [0.25, 0.3) is 11.1 Å². The maximum absolute atomic E-state index is 14.0. The molecule has 2 amide bonds. The van der Waals surface area contributed by atoms with Crippen LogP contribution in [0.3, 0.4) is 0 Å². The summed E-state index contributed by atoms with van der Waals surface area (Å²) in [6, 6.07) is 7.70. The Bertz CT molecular complexity index is 1090. The zero-order chi connectivity index (χ0) is 21.3. The average molecular weight is 424 g/mol. The summed E-state index contributed by atoms with van der Waals surface area (Å²) < 4.78 is 51.0. The lowest BCUT2D eigenvalue weighted by Crippen LogP contribution is -2.40. The van der Waals surface area contributed by atoms with Crippen LogP contribution in [-0.4, -0.2) is 48.4 Å². The summed E-state index contributed by atoms with van der Waals surface area (Å²) in [5.41, 5.74) is 2.75. The van der Waals surface area contributed by atoms with Crippen LogP contribution in [0.2, 0.25) is 0 Å². The van der Waals surface area contributed by atoms with Gasteiger partial charge in [0, 0.05) is 30.5 Å². The Kier molecular flexibility index (Phi) is 5.67. The van der Waals surface area contributed by atoms with Gasteiger partial charge in [-0.2, -0.15) is 0 Å². The van der Waals surface area contributed by atoms with Crippen LogP contribution in [0, 0.1) is 11.6 Å². The molecule has 1 atom stereocenters. The second-order valence-electron chi connectivity index (χ2n) is 6.81. The number of halogens is 2. The number of amides is 2. The van der Waals surface area contributed by atoms with Gasteiger partial charge in [-0.25, -0.2) is 22.7 Å². The molecule has 1 unspecified atom stereocenters. The molecule has 10 heteroatoms. The van der Waals surface area contributed by atoms with E-state index in [2.05, 4.69) is 0 Å². The highest BCUT2D eigenvalue weighted by Gasteiger charge is 2.33. The third-order valence-corrected chi connectivity index (χ3v) is 6.29. The van der Waals surface area contributed by atoms with Gasteiger partial charge in [-0.1, -0.05) is 6.07 Å². The van der Waals surface area contributed by atoms with Crippen molar-refractivity contribution in [2.45, 2.75) is 18.2 Å². The van der Waals surface area contributed by atoms with Crippen molar-refractivity contribution in [3.8, 4) is 11.1 Å². The zero-order valence-electron chi connectivity index (χ0n) is 15.4. The molecule has 1 aliphatic rings. The number of sulfone groups is 1. The summed E-state index contributed by atoms with van der Waals surface area (Å²) in [5, 5.41) is 7.23. The minimum Gasteiger partial charge on any atom is -0.334 e. The third-order valence-electron chi connectivity index (χ3n) is 4.80. The molecule has 0 radical (unpaired) electrons. The number of fused-ring (bicyclic) bond motifs is 1. The van der Waals surface area contributed by atoms with Crippen molar-refractivity contribution in [2.24, 2.45) is 0 Å². The van der Waals surface area contributed by atoms with Gasteiger partial charge in [0.15, 0.2) is 9.84 Å². The maximum atomic E-state index is 14.0. The van der Waals surface area contributed by atoms with Crippen LogP contribution < -0.4 is 5.48 Å². The molecule has 0 fully saturated rings. The van der Waals surface area contributed by atoms with Gasteiger partial charge in [0.25, 0.3) is 11.8 Å². The van der Waals surface area contributed by atoms with Crippen LogP contribution in [-0.2, 0) is 21.2 Å². The van der Waals surface area contributed by atoms with Gasteiger partial charge in [-0.3, -0.25) is 14.8 Å². The number of hydrogen-bond acceptors (Lipinski definition) is 5. The lowest BCUT2D eigenvalue weighted by Gasteiger charge is -2.19. The van der Waals surface area contributed by atoms with E-state index in [1.54, 1.807) is 6.07 Å². The van der Waals surface area contributed by atoms with E-state index in [9.17, 15) is 26.8 Å². The summed E-state index contributed by atoms with van der Waals surface area (Å²) >= 11 is 0. The predicted octanol–water partition coefficient (Wildman–Crippen LogP) is 1.90. The Hall–Kier alpha value is -2.85. The van der Waals surface area contributed by atoms with E-state index in [1.165, 1.54) is 22.5 Å². The number of benzene rings is 2. The van der Waals surface area contributed by atoms with Crippen molar-refractivity contribution in [1.29, 1.82) is 0 Å². The monoisotopic (exact) mass is 424 g/mol. The number of carbonyl (C=O) groups is 2. The van der Waals surface area contributed by atoms with E-state index in [4.69, 9.17) is 5.21 Å². The molecule has 0 saturated carbocycles. The zero-order valence-corrected chi connectivity index (χ0v) is 16.2. The smallest absolute Gasteiger partial charge is 0.261 e. The molecule has 2 aromatic carbocycles. The SMILES string of the molecule is CS(=O)(=O)C(CCN1Cc2cc(-c3cc(F)ccc3F)ccc2C1=O)C(=O)NO. The molecule has 154 valence electrons. The summed E-state index contributed by atoms with van der Waals surface area (Å²) in [4.78, 5) is 25.5. The fourth-order valence-corrected chi connectivity index (χ4v) is 4.31. The van der Waals surface area contributed by atoms with Crippen LogP contribution in [0.1, 0.15) is 22.3 Å². The number of nitrogens with zero attached hydrogens (tertiary/aromatic N) is 1. The van der Waals surface area contributed by atoms with E-state index in [0.29, 0.717) is 16.7 Å². The molecule has 0 spiro atoms. The summed E-state index contributed by atoms with van der Waals surface area (Å²) in [7, 11) is -3.79. The Labute approximate surface area is 165 Å². The highest BCUT2D eigenvalue weighted by molar-refractivity contribution is 7.92. The molecule has 0 saturated heterocycles. The van der Waals surface area contributed by atoms with E-state index in [1.807, 2.05) is 0 Å². The van der Waals surface area contributed by atoms with Crippen molar-refractivity contribution < 1.29 is 32.0 Å². The van der Waals surface area contributed by atoms with Gasteiger partial charge in [0.05, 0.1) is 0 Å². The Morgan fingerprint density at radius 3 is 2.59 bits per heavy atom. The standard InChI is InChI=1S/C19H18F2N2O5S/c1-29(27,28)17(18(24)22-26)6-7-23-10-12-8-11(2-4-14(12)19(23)25)15-9-13(20)3-5-16(15)21/h2-5,8-9,17,26H,6-7,10H2,1H3,(H,22,24). The van der Waals surface area contributed by atoms with Gasteiger partial charge in [-0.15, -0.1) is 0 Å². The van der Waals surface area contributed by atoms with Crippen LogP contribution >= 0.6 is 0 Å². The highest BCUT2D eigenvalue weighted by Crippen LogP contribution is 2.30. The van der Waals surface area contributed by atoms with Crippen LogP contribution in [0.5, 0.6) is 0 Å². The van der Waals surface area contributed by atoms with Crippen molar-refractivity contribution in [2.75, 3.05) is 12.8 Å². The van der Waals surface area contributed by atoms with Gasteiger partial charge in [0.1, 0.15) is 16.9 Å². The molecule has 7 nitrogen and oxygen atoms in total. The van der Waals surface area contributed by atoms with Gasteiger partial charge < -0.3 is 4.90 Å². The topological polar surface area (TPSA) is 104 Å². The second-order valence-corrected chi connectivity index (χ2v) is 9.03. The predicted molar refractivity (Wildman–Crippen MR) is 99.7 cm³/mol. The largest absolute Gasteiger partial charge is 0.334 e. The Balaban J connectivity index is 1.80. The van der Waals surface area contributed by atoms with Crippen molar-refractivity contribution >= 4 is 21.7 Å². The third kappa shape index (κ3) is 4.28. The molecule has 3 rings (SSSR count). The van der Waals surface area contributed by atoms with E-state index in [0.717, 1.165) is 24.5 Å². The minimum absolute atomic E-state index is 0.0394. The fraction of sp³-hybridized carbons (Fsp3) is 0.263. The van der Waals surface area contributed by atoms with E-state index in [-0.39, 0.29) is 31.0 Å². The number of nitrogens with one attached hydrogen (secondary N) is 1. The second kappa shape index (κ2) is 7.88. The molecule has 2 N–H and O–H groups in total. The van der Waals surface area contributed by atoms with Gasteiger partial charge in [-0.05, 0) is 47.9 Å². The molecule has 2 aromatic rings. The number of rotatable bonds is 6. The molecular weight excluding hydrogens is 406 g/mol. The fourth-order valence-electron chi connectivity index (χ4n) is 3.33. The van der Waals surface area contributed by atoms with E-state index < -0.39 is 32.6 Å². The molecule has 1 heterocycles. The van der Waals surface area contributed by atoms with E-state index >= 15 is 0 Å². The van der Waals surface area contributed by atoms with Crippen molar-refractivity contribution in [3.63, 3.8) is 0 Å². The first kappa shape index (κ1) is 20.9. The highest BCUT2D eigenvalue weighted by atomic mass is 32.2. The first-order valence-electron chi connectivity index (χ1n) is 8.62. The molecular formula is C19H18F2N2O5S. The first-order chi connectivity index (χ1) is 13.6. The maximum Gasteiger partial charge on any atom is 0.261 e. The normalized spacial score (nSPS) is 14.6. The Morgan fingerprint density at radius 1 is 1.21 bits per heavy atom. The molecule has 0 bridgehead atoms. The number of hydrogen-bond donors (Lipinski definition) is 2. The van der Waals surface area contributed by atoms with Gasteiger partial charge >= 0.3 is 0 Å². The van der Waals surface area contributed by atoms with Crippen molar-refractivity contribution in [3.05, 3.63) is 59.2 Å². The molecule has 0 aliphatic carbocycles. The lowest BCUT2D eigenvalue weighted by molar-refractivity contribution is -0.128. The molecule has 0 aromatic heterocycles. The van der Waals surface area contributed by atoms with Crippen LogP contribution in [0.4, 0.5) is 8.78 Å². The summed E-state index contributed by atoms with van der Waals surface area (Å²) in [5.74, 6) is -2.62. The first-order valence-corrected chi connectivity index (χ1v) is 10.6. The molecule has 1 aliphatic heterocycles. The Morgan fingerprint density at radius 2 is 1.93 bits per heavy atom. The number of hydroxylamine groups is 1. The summed E-state index contributed by atoms with van der Waals surface area (Å²) in [6.45, 7) is 0.0957. The average Bonchev–Trinajstić information content (AvgIpc) is 2.97. The van der Waals surface area contributed by atoms with Crippen molar-refractivity contribution in [1.82, 2.24) is 10.4 Å². The lowest BCUT2D eigenvalue weighted by atomic mass is 10.00.